The Bertz CT molecular complexity index is 1500. The van der Waals surface area contributed by atoms with Gasteiger partial charge in [-0.1, -0.05) is 0 Å². The summed E-state index contributed by atoms with van der Waals surface area (Å²) < 4.78 is 1.04. The second-order valence-corrected chi connectivity index (χ2v) is 12.2. The number of aliphatic hydroxyl groups excluding tert-OH is 1. The van der Waals surface area contributed by atoms with Gasteiger partial charge >= 0.3 is 0 Å². The number of nitrogens with zero attached hydrogens (tertiary/aromatic N) is 5. The number of rotatable bonds is 8. The van der Waals surface area contributed by atoms with E-state index in [4.69, 9.17) is 15.0 Å². The molecule has 6 rings (SSSR count). The minimum Gasteiger partial charge on any atom is -0.390 e. The van der Waals surface area contributed by atoms with E-state index in [9.17, 15) is 15.3 Å². The molecule has 204 valence electrons. The van der Waals surface area contributed by atoms with Gasteiger partial charge in [-0.3, -0.25) is 9.97 Å². The SMILES string of the molecule is Cc1nc(NCc2ccncc2)nc(NC2(O)CCC(C(C)(C)O)C2O)c1-c1nc2c(C3CC3)nccc2s1. The molecule has 4 aromatic heterocycles. The summed E-state index contributed by atoms with van der Waals surface area (Å²) in [5, 5.41) is 40.4. The molecule has 11 heteroatoms. The molecule has 2 fully saturated rings. The molecule has 0 radical (unpaired) electrons. The molecule has 10 nitrogen and oxygen atoms in total. The molecule has 4 heterocycles. The summed E-state index contributed by atoms with van der Waals surface area (Å²) in [6, 6.07) is 5.79. The third-order valence-corrected chi connectivity index (χ3v) is 8.79. The summed E-state index contributed by atoms with van der Waals surface area (Å²) in [5.41, 5.74) is 1.46. The highest BCUT2D eigenvalue weighted by Crippen LogP contribution is 2.46. The van der Waals surface area contributed by atoms with Crippen LogP contribution in [0, 0.1) is 12.8 Å². The lowest BCUT2D eigenvalue weighted by atomic mass is 9.87. The predicted octanol–water partition coefficient (Wildman–Crippen LogP) is 3.98. The molecule has 4 aromatic rings. The van der Waals surface area contributed by atoms with Gasteiger partial charge in [-0.05, 0) is 70.2 Å². The zero-order valence-electron chi connectivity index (χ0n) is 22.2. The molecule has 5 N–H and O–H groups in total. The third kappa shape index (κ3) is 5.07. The number of hydrogen-bond donors (Lipinski definition) is 5. The molecule has 2 aliphatic carbocycles. The van der Waals surface area contributed by atoms with E-state index < -0.39 is 23.3 Å². The minimum atomic E-state index is -1.68. The number of aromatic nitrogens is 5. The Kier molecular flexibility index (Phi) is 6.49. The summed E-state index contributed by atoms with van der Waals surface area (Å²) >= 11 is 1.53. The number of hydrogen-bond acceptors (Lipinski definition) is 11. The van der Waals surface area contributed by atoms with Crippen molar-refractivity contribution in [2.24, 2.45) is 5.92 Å². The van der Waals surface area contributed by atoms with E-state index in [1.54, 1.807) is 26.2 Å². The highest BCUT2D eigenvalue weighted by molar-refractivity contribution is 7.21. The molecule has 3 unspecified atom stereocenters. The molecule has 2 saturated carbocycles. The van der Waals surface area contributed by atoms with Gasteiger partial charge < -0.3 is 26.0 Å². The first kappa shape index (κ1) is 26.0. The third-order valence-electron chi connectivity index (χ3n) is 7.75. The Labute approximate surface area is 230 Å². The molecule has 2 aliphatic rings. The summed E-state index contributed by atoms with van der Waals surface area (Å²) in [4.78, 5) is 23.1. The maximum absolute atomic E-state index is 11.6. The summed E-state index contributed by atoms with van der Waals surface area (Å²) in [5.74, 6) is 0.705. The number of aliphatic hydroxyl groups is 3. The summed E-state index contributed by atoms with van der Waals surface area (Å²) in [7, 11) is 0. The van der Waals surface area contributed by atoms with E-state index in [0.29, 0.717) is 41.9 Å². The Morgan fingerprint density at radius 2 is 1.85 bits per heavy atom. The van der Waals surface area contributed by atoms with Crippen molar-refractivity contribution in [1.82, 2.24) is 24.9 Å². The molecule has 0 amide bonds. The predicted molar refractivity (Wildman–Crippen MR) is 150 cm³/mol. The summed E-state index contributed by atoms with van der Waals surface area (Å²) in [6.07, 6.45) is 7.05. The van der Waals surface area contributed by atoms with Crippen LogP contribution in [-0.4, -0.2) is 57.7 Å². The first-order valence-electron chi connectivity index (χ1n) is 13.3. The normalized spacial score (nSPS) is 23.3. The second-order valence-electron chi connectivity index (χ2n) is 11.2. The van der Waals surface area contributed by atoms with Gasteiger partial charge in [0.25, 0.3) is 0 Å². The van der Waals surface area contributed by atoms with Crippen molar-refractivity contribution in [1.29, 1.82) is 0 Å². The smallest absolute Gasteiger partial charge is 0.225 e. The first-order chi connectivity index (χ1) is 18.6. The van der Waals surface area contributed by atoms with Crippen LogP contribution in [-0.2, 0) is 6.54 Å². The molecular formula is C28H33N7O3S. The van der Waals surface area contributed by atoms with E-state index in [1.807, 2.05) is 31.3 Å². The Hall–Kier alpha value is -3.25. The van der Waals surface area contributed by atoms with E-state index in [1.165, 1.54) is 11.3 Å². The van der Waals surface area contributed by atoms with Crippen molar-refractivity contribution in [3.63, 3.8) is 0 Å². The fraction of sp³-hybridized carbons (Fsp3) is 0.464. The lowest BCUT2D eigenvalue weighted by molar-refractivity contribution is -0.0926. The molecule has 0 aliphatic heterocycles. The van der Waals surface area contributed by atoms with Crippen LogP contribution in [0.1, 0.15) is 62.4 Å². The molecule has 0 aromatic carbocycles. The largest absolute Gasteiger partial charge is 0.390 e. The average molecular weight is 548 g/mol. The van der Waals surface area contributed by atoms with Crippen LogP contribution in [0.15, 0.2) is 36.8 Å². The van der Waals surface area contributed by atoms with Crippen molar-refractivity contribution >= 4 is 33.3 Å². The van der Waals surface area contributed by atoms with E-state index in [-0.39, 0.29) is 6.42 Å². The topological polar surface area (TPSA) is 149 Å². The standard InChI is InChI=1S/C28H33N7O3S/c1-15-20(25-33-22-19(39-25)9-13-30-21(22)17-4-5-17)24(34-26(32-15)31-14-16-7-11-29-12-8-16)35-28(38)10-6-18(23(28)36)27(2,3)37/h7-9,11-13,17-18,23,36-38H,4-6,10,14H2,1-3H3,(H2,31,32,34,35). The molecular weight excluding hydrogens is 514 g/mol. The number of aryl methyl sites for hydroxylation is 1. The van der Waals surface area contributed by atoms with Crippen LogP contribution in [0.5, 0.6) is 0 Å². The number of fused-ring (bicyclic) bond motifs is 1. The fourth-order valence-electron chi connectivity index (χ4n) is 5.41. The highest BCUT2D eigenvalue weighted by atomic mass is 32.1. The van der Waals surface area contributed by atoms with Gasteiger partial charge in [-0.15, -0.1) is 11.3 Å². The van der Waals surface area contributed by atoms with Gasteiger partial charge in [0.2, 0.25) is 5.95 Å². The minimum absolute atomic E-state index is 0.251. The maximum atomic E-state index is 11.6. The molecule has 3 atom stereocenters. The van der Waals surface area contributed by atoms with Crippen LogP contribution >= 0.6 is 11.3 Å². The molecule has 0 saturated heterocycles. The lowest BCUT2D eigenvalue weighted by Crippen LogP contribution is -2.51. The highest BCUT2D eigenvalue weighted by Gasteiger charge is 2.52. The van der Waals surface area contributed by atoms with Gasteiger partial charge in [0.1, 0.15) is 22.4 Å². The van der Waals surface area contributed by atoms with Gasteiger partial charge in [-0.25, -0.2) is 9.97 Å². The van der Waals surface area contributed by atoms with E-state index in [2.05, 4.69) is 20.6 Å². The van der Waals surface area contributed by atoms with Crippen LogP contribution < -0.4 is 10.6 Å². The van der Waals surface area contributed by atoms with E-state index in [0.717, 1.165) is 39.3 Å². The van der Waals surface area contributed by atoms with Gasteiger partial charge in [0.05, 0.1) is 27.3 Å². The van der Waals surface area contributed by atoms with Gasteiger partial charge in [-0.2, -0.15) is 4.98 Å². The quantitative estimate of drug-likeness (QED) is 0.205. The van der Waals surface area contributed by atoms with Crippen molar-refractivity contribution in [2.45, 2.75) is 76.3 Å². The number of anilines is 2. The van der Waals surface area contributed by atoms with E-state index >= 15 is 0 Å². The Morgan fingerprint density at radius 1 is 1.08 bits per heavy atom. The molecule has 0 spiro atoms. The van der Waals surface area contributed by atoms with Crippen LogP contribution in [0.4, 0.5) is 11.8 Å². The first-order valence-corrected chi connectivity index (χ1v) is 14.1. The molecule has 39 heavy (non-hydrogen) atoms. The van der Waals surface area contributed by atoms with Crippen molar-refractivity contribution in [3.05, 3.63) is 53.7 Å². The van der Waals surface area contributed by atoms with Crippen molar-refractivity contribution in [2.75, 3.05) is 10.6 Å². The van der Waals surface area contributed by atoms with Crippen LogP contribution in [0.25, 0.3) is 20.8 Å². The number of pyridine rings is 2. The van der Waals surface area contributed by atoms with Gasteiger partial charge in [0.15, 0.2) is 5.72 Å². The Balaban J connectivity index is 1.40. The van der Waals surface area contributed by atoms with Crippen LogP contribution in [0.2, 0.25) is 0 Å². The summed E-state index contributed by atoms with van der Waals surface area (Å²) in [6.45, 7) is 5.69. The number of thiazole rings is 1. The van der Waals surface area contributed by atoms with Crippen LogP contribution in [0.3, 0.4) is 0 Å². The maximum Gasteiger partial charge on any atom is 0.225 e. The monoisotopic (exact) mass is 547 g/mol. The average Bonchev–Trinajstić information content (AvgIpc) is 3.57. The second kappa shape index (κ2) is 9.74. The lowest BCUT2D eigenvalue weighted by Gasteiger charge is -2.34. The number of nitrogens with one attached hydrogen (secondary N) is 2. The zero-order valence-corrected chi connectivity index (χ0v) is 23.0. The van der Waals surface area contributed by atoms with Crippen molar-refractivity contribution < 1.29 is 15.3 Å². The molecule has 0 bridgehead atoms. The fourth-order valence-corrected chi connectivity index (χ4v) is 6.48. The van der Waals surface area contributed by atoms with Gasteiger partial charge in [0, 0.05) is 37.0 Å². The zero-order chi connectivity index (χ0) is 27.4. The Morgan fingerprint density at radius 3 is 2.54 bits per heavy atom. The van der Waals surface area contributed by atoms with Crippen molar-refractivity contribution in [3.8, 4) is 10.6 Å².